The standard InChI is InChI=1S/C14H11ClN2O/c1-8-5-11-12(16-8)7-13(15)17-14(11)9-3-2-4-10(18)6-9/h2-7,16,18H,1H3. The van der Waals surface area contributed by atoms with E-state index in [1.807, 2.05) is 19.1 Å². The van der Waals surface area contributed by atoms with E-state index in [-0.39, 0.29) is 5.75 Å². The fourth-order valence-electron chi connectivity index (χ4n) is 2.11. The Bertz CT molecular complexity index is 734. The summed E-state index contributed by atoms with van der Waals surface area (Å²) in [5.41, 5.74) is 3.63. The van der Waals surface area contributed by atoms with Crippen LogP contribution in [0.2, 0.25) is 5.15 Å². The molecule has 1 aromatic carbocycles. The van der Waals surface area contributed by atoms with E-state index < -0.39 is 0 Å². The molecule has 3 aromatic rings. The van der Waals surface area contributed by atoms with Crippen molar-refractivity contribution < 1.29 is 5.11 Å². The number of aromatic hydroxyl groups is 1. The minimum absolute atomic E-state index is 0.217. The van der Waals surface area contributed by atoms with Crippen LogP contribution in [0.25, 0.3) is 22.2 Å². The number of H-pyrrole nitrogens is 1. The molecule has 4 heteroatoms. The van der Waals surface area contributed by atoms with E-state index in [4.69, 9.17) is 11.6 Å². The number of nitrogens with one attached hydrogen (secondary N) is 1. The third-order valence-electron chi connectivity index (χ3n) is 2.84. The average Bonchev–Trinajstić information content (AvgIpc) is 2.68. The van der Waals surface area contributed by atoms with Gasteiger partial charge >= 0.3 is 0 Å². The number of aryl methyl sites for hydroxylation is 1. The minimum Gasteiger partial charge on any atom is -0.508 e. The molecule has 0 fully saturated rings. The summed E-state index contributed by atoms with van der Waals surface area (Å²) in [5, 5.41) is 11.0. The summed E-state index contributed by atoms with van der Waals surface area (Å²) in [6, 6.07) is 10.8. The number of benzene rings is 1. The summed E-state index contributed by atoms with van der Waals surface area (Å²) < 4.78 is 0. The average molecular weight is 259 g/mol. The molecule has 90 valence electrons. The Morgan fingerprint density at radius 3 is 2.83 bits per heavy atom. The Balaban J connectivity index is 2.34. The molecule has 0 amide bonds. The Labute approximate surface area is 109 Å². The van der Waals surface area contributed by atoms with Crippen molar-refractivity contribution in [3.63, 3.8) is 0 Å². The molecule has 0 radical (unpaired) electrons. The lowest BCUT2D eigenvalue weighted by Crippen LogP contribution is -1.85. The second-order valence-corrected chi connectivity index (χ2v) is 4.64. The molecule has 2 heterocycles. The van der Waals surface area contributed by atoms with Gasteiger partial charge in [-0.25, -0.2) is 4.98 Å². The molecule has 3 rings (SSSR count). The van der Waals surface area contributed by atoms with Crippen LogP contribution in [0.5, 0.6) is 5.75 Å². The van der Waals surface area contributed by atoms with Crippen molar-refractivity contribution in [3.05, 3.63) is 47.2 Å². The summed E-state index contributed by atoms with van der Waals surface area (Å²) in [7, 11) is 0. The SMILES string of the molecule is Cc1cc2c(-c3cccc(O)c3)nc(Cl)cc2[nH]1. The van der Waals surface area contributed by atoms with Crippen LogP contribution in [0.3, 0.4) is 0 Å². The fourth-order valence-corrected chi connectivity index (χ4v) is 2.31. The molecule has 0 saturated carbocycles. The predicted octanol–water partition coefficient (Wildman–Crippen LogP) is 3.90. The largest absolute Gasteiger partial charge is 0.508 e. The molecule has 0 aliphatic rings. The molecule has 0 spiro atoms. The Kier molecular flexibility index (Phi) is 2.49. The van der Waals surface area contributed by atoms with E-state index >= 15 is 0 Å². The number of hydrogen-bond donors (Lipinski definition) is 2. The van der Waals surface area contributed by atoms with E-state index in [0.29, 0.717) is 5.15 Å². The highest BCUT2D eigenvalue weighted by molar-refractivity contribution is 6.30. The molecular formula is C14H11ClN2O. The fraction of sp³-hybridized carbons (Fsp3) is 0.0714. The van der Waals surface area contributed by atoms with E-state index in [0.717, 1.165) is 27.9 Å². The number of hydrogen-bond acceptors (Lipinski definition) is 2. The second kappa shape index (κ2) is 4.03. The monoisotopic (exact) mass is 258 g/mol. The van der Waals surface area contributed by atoms with E-state index in [9.17, 15) is 5.11 Å². The van der Waals surface area contributed by atoms with Gasteiger partial charge in [0, 0.05) is 16.6 Å². The first-order chi connectivity index (χ1) is 8.63. The number of aromatic amines is 1. The van der Waals surface area contributed by atoms with Crippen LogP contribution >= 0.6 is 11.6 Å². The maximum Gasteiger partial charge on any atom is 0.131 e. The number of rotatable bonds is 1. The predicted molar refractivity (Wildman–Crippen MR) is 72.9 cm³/mol. The van der Waals surface area contributed by atoms with Crippen LogP contribution in [0.1, 0.15) is 5.69 Å². The van der Waals surface area contributed by atoms with Crippen molar-refractivity contribution >= 4 is 22.5 Å². The zero-order chi connectivity index (χ0) is 12.7. The summed E-state index contributed by atoms with van der Waals surface area (Å²) in [6.07, 6.45) is 0. The van der Waals surface area contributed by atoms with Crippen molar-refractivity contribution in [2.45, 2.75) is 6.92 Å². The quantitative estimate of drug-likeness (QED) is 0.651. The lowest BCUT2D eigenvalue weighted by molar-refractivity contribution is 0.475. The number of nitrogens with zero attached hydrogens (tertiary/aromatic N) is 1. The number of pyridine rings is 1. The molecule has 0 unspecified atom stereocenters. The van der Waals surface area contributed by atoms with Gasteiger partial charge in [0.25, 0.3) is 0 Å². The molecule has 0 aliphatic carbocycles. The lowest BCUT2D eigenvalue weighted by Gasteiger charge is -2.04. The van der Waals surface area contributed by atoms with Gasteiger partial charge in [0.05, 0.1) is 11.2 Å². The first-order valence-corrected chi connectivity index (χ1v) is 5.96. The van der Waals surface area contributed by atoms with E-state index in [1.165, 1.54) is 0 Å². The molecule has 0 aliphatic heterocycles. The molecular weight excluding hydrogens is 248 g/mol. The number of aromatic nitrogens is 2. The van der Waals surface area contributed by atoms with Crippen LogP contribution in [-0.4, -0.2) is 15.1 Å². The second-order valence-electron chi connectivity index (χ2n) is 4.26. The summed E-state index contributed by atoms with van der Waals surface area (Å²) in [5.74, 6) is 0.217. The first kappa shape index (κ1) is 11.1. The number of halogens is 1. The molecule has 18 heavy (non-hydrogen) atoms. The van der Waals surface area contributed by atoms with Gasteiger partial charge in [0.2, 0.25) is 0 Å². The van der Waals surface area contributed by atoms with Crippen molar-refractivity contribution in [3.8, 4) is 17.0 Å². The zero-order valence-corrected chi connectivity index (χ0v) is 10.5. The number of phenolic OH excluding ortho intramolecular Hbond substituents is 1. The maximum atomic E-state index is 9.55. The lowest BCUT2D eigenvalue weighted by atomic mass is 10.1. The molecule has 0 atom stereocenters. The van der Waals surface area contributed by atoms with Gasteiger partial charge in [-0.15, -0.1) is 0 Å². The summed E-state index contributed by atoms with van der Waals surface area (Å²) in [4.78, 5) is 7.60. The van der Waals surface area contributed by atoms with Crippen LogP contribution in [0, 0.1) is 6.92 Å². The van der Waals surface area contributed by atoms with Crippen LogP contribution < -0.4 is 0 Å². The minimum atomic E-state index is 0.217. The van der Waals surface area contributed by atoms with Crippen LogP contribution in [-0.2, 0) is 0 Å². The number of phenols is 1. The highest BCUT2D eigenvalue weighted by Crippen LogP contribution is 2.31. The normalized spacial score (nSPS) is 11.0. The number of fused-ring (bicyclic) bond motifs is 1. The molecule has 0 bridgehead atoms. The van der Waals surface area contributed by atoms with Gasteiger partial charge in [-0.05, 0) is 31.2 Å². The smallest absolute Gasteiger partial charge is 0.131 e. The topological polar surface area (TPSA) is 48.9 Å². The van der Waals surface area contributed by atoms with Crippen molar-refractivity contribution in [1.29, 1.82) is 0 Å². The van der Waals surface area contributed by atoms with Gasteiger partial charge < -0.3 is 10.1 Å². The zero-order valence-electron chi connectivity index (χ0n) is 9.74. The Hall–Kier alpha value is -2.00. The van der Waals surface area contributed by atoms with Crippen molar-refractivity contribution in [2.75, 3.05) is 0 Å². The molecule has 3 nitrogen and oxygen atoms in total. The third kappa shape index (κ3) is 1.83. The van der Waals surface area contributed by atoms with Gasteiger partial charge in [-0.1, -0.05) is 23.7 Å². The molecule has 0 saturated heterocycles. The summed E-state index contributed by atoms with van der Waals surface area (Å²) >= 11 is 6.03. The summed E-state index contributed by atoms with van der Waals surface area (Å²) in [6.45, 7) is 1.99. The maximum absolute atomic E-state index is 9.55. The third-order valence-corrected chi connectivity index (χ3v) is 3.03. The van der Waals surface area contributed by atoms with Crippen LogP contribution in [0.15, 0.2) is 36.4 Å². The van der Waals surface area contributed by atoms with Gasteiger partial charge in [-0.3, -0.25) is 0 Å². The first-order valence-electron chi connectivity index (χ1n) is 5.59. The Morgan fingerprint density at radius 2 is 2.06 bits per heavy atom. The molecule has 2 N–H and O–H groups in total. The highest BCUT2D eigenvalue weighted by atomic mass is 35.5. The van der Waals surface area contributed by atoms with Crippen LogP contribution in [0.4, 0.5) is 0 Å². The van der Waals surface area contributed by atoms with Gasteiger partial charge in [-0.2, -0.15) is 0 Å². The molecule has 2 aromatic heterocycles. The highest BCUT2D eigenvalue weighted by Gasteiger charge is 2.10. The van der Waals surface area contributed by atoms with Gasteiger partial charge in [0.15, 0.2) is 0 Å². The van der Waals surface area contributed by atoms with Crippen molar-refractivity contribution in [2.24, 2.45) is 0 Å². The van der Waals surface area contributed by atoms with Gasteiger partial charge in [0.1, 0.15) is 10.9 Å². The Morgan fingerprint density at radius 1 is 1.22 bits per heavy atom. The van der Waals surface area contributed by atoms with E-state index in [2.05, 4.69) is 9.97 Å². The van der Waals surface area contributed by atoms with Crippen molar-refractivity contribution in [1.82, 2.24) is 9.97 Å². The van der Waals surface area contributed by atoms with E-state index in [1.54, 1.807) is 24.3 Å².